The van der Waals surface area contributed by atoms with Crippen LogP contribution < -0.4 is 4.90 Å². The number of amides is 1. The SMILES string of the molecule is Cc1cccc(N2CC(c3noc(-c4cc(-c5ccco5)n[nH]4)n3)CC2=O)c1. The van der Waals surface area contributed by atoms with Crippen molar-refractivity contribution in [2.24, 2.45) is 0 Å². The number of hydrogen-bond acceptors (Lipinski definition) is 6. The molecular weight excluding hydrogens is 358 g/mol. The van der Waals surface area contributed by atoms with Crippen molar-refractivity contribution in [3.8, 4) is 23.0 Å². The molecule has 1 atom stereocenters. The normalized spacial score (nSPS) is 16.8. The number of hydrogen-bond donors (Lipinski definition) is 1. The fraction of sp³-hybridized carbons (Fsp3) is 0.200. The zero-order chi connectivity index (χ0) is 19.1. The third-order valence-electron chi connectivity index (χ3n) is 4.83. The summed E-state index contributed by atoms with van der Waals surface area (Å²) in [7, 11) is 0. The molecule has 1 N–H and O–H groups in total. The van der Waals surface area contributed by atoms with Crippen LogP contribution in [0.2, 0.25) is 0 Å². The minimum Gasteiger partial charge on any atom is -0.463 e. The number of nitrogens with zero attached hydrogens (tertiary/aromatic N) is 4. The molecular formula is C20H17N5O3. The van der Waals surface area contributed by atoms with E-state index in [9.17, 15) is 4.79 Å². The summed E-state index contributed by atoms with van der Waals surface area (Å²) in [4.78, 5) is 18.7. The van der Waals surface area contributed by atoms with E-state index in [1.165, 1.54) is 0 Å². The zero-order valence-electron chi connectivity index (χ0n) is 15.1. The Labute approximate surface area is 160 Å². The van der Waals surface area contributed by atoms with Crippen LogP contribution in [-0.2, 0) is 4.79 Å². The first kappa shape index (κ1) is 16.5. The van der Waals surface area contributed by atoms with E-state index in [1.807, 2.05) is 37.3 Å². The Hall–Kier alpha value is -3.68. The molecule has 1 fully saturated rings. The average Bonchev–Trinajstić information content (AvgIpc) is 3.45. The molecule has 4 heterocycles. The smallest absolute Gasteiger partial charge is 0.275 e. The lowest BCUT2D eigenvalue weighted by atomic mass is 10.1. The van der Waals surface area contributed by atoms with Crippen LogP contribution in [0.25, 0.3) is 23.0 Å². The maximum atomic E-state index is 12.5. The van der Waals surface area contributed by atoms with Crippen LogP contribution in [0.4, 0.5) is 5.69 Å². The van der Waals surface area contributed by atoms with Gasteiger partial charge in [0, 0.05) is 30.6 Å². The second kappa shape index (κ2) is 6.49. The zero-order valence-corrected chi connectivity index (χ0v) is 15.1. The Kier molecular flexibility index (Phi) is 3.82. The molecule has 4 aromatic rings. The van der Waals surface area contributed by atoms with E-state index in [-0.39, 0.29) is 11.8 Å². The summed E-state index contributed by atoms with van der Waals surface area (Å²) in [6, 6.07) is 13.3. The number of carbonyl (C=O) groups excluding carboxylic acids is 1. The molecule has 0 bridgehead atoms. The molecule has 28 heavy (non-hydrogen) atoms. The number of aromatic nitrogens is 4. The van der Waals surface area contributed by atoms with E-state index in [0.717, 1.165) is 11.3 Å². The summed E-state index contributed by atoms with van der Waals surface area (Å²) in [6.07, 6.45) is 1.94. The molecule has 1 aromatic carbocycles. The summed E-state index contributed by atoms with van der Waals surface area (Å²) in [5.74, 6) is 1.45. The minimum atomic E-state index is -0.113. The molecule has 140 valence electrons. The van der Waals surface area contributed by atoms with Crippen molar-refractivity contribution in [2.75, 3.05) is 11.4 Å². The Morgan fingerprint density at radius 3 is 2.96 bits per heavy atom. The van der Waals surface area contributed by atoms with E-state index in [1.54, 1.807) is 23.3 Å². The molecule has 1 amide bonds. The second-order valence-corrected chi connectivity index (χ2v) is 6.85. The van der Waals surface area contributed by atoms with Crippen molar-refractivity contribution in [1.82, 2.24) is 20.3 Å². The molecule has 0 radical (unpaired) electrons. The highest BCUT2D eigenvalue weighted by Crippen LogP contribution is 2.32. The Bertz CT molecular complexity index is 1130. The van der Waals surface area contributed by atoms with Gasteiger partial charge in [-0.2, -0.15) is 10.1 Å². The topological polar surface area (TPSA) is 101 Å². The van der Waals surface area contributed by atoms with Gasteiger partial charge in [-0.15, -0.1) is 0 Å². The van der Waals surface area contributed by atoms with Gasteiger partial charge in [0.2, 0.25) is 5.91 Å². The van der Waals surface area contributed by atoms with Crippen molar-refractivity contribution in [1.29, 1.82) is 0 Å². The number of rotatable bonds is 4. The molecule has 8 heteroatoms. The van der Waals surface area contributed by atoms with Gasteiger partial charge in [0.25, 0.3) is 5.89 Å². The summed E-state index contributed by atoms with van der Waals surface area (Å²) in [5, 5.41) is 11.2. The van der Waals surface area contributed by atoms with E-state index >= 15 is 0 Å². The fourth-order valence-electron chi connectivity index (χ4n) is 3.42. The number of H-pyrrole nitrogens is 1. The van der Waals surface area contributed by atoms with E-state index in [2.05, 4.69) is 20.3 Å². The van der Waals surface area contributed by atoms with Gasteiger partial charge in [-0.3, -0.25) is 9.89 Å². The standard InChI is InChI=1S/C20H17N5O3/c1-12-4-2-5-14(8-12)25-11-13(9-18(25)26)19-21-20(28-24-19)16-10-15(22-23-16)17-6-3-7-27-17/h2-8,10,13H,9,11H2,1H3,(H,22,23). The number of benzene rings is 1. The Morgan fingerprint density at radius 2 is 2.14 bits per heavy atom. The maximum Gasteiger partial charge on any atom is 0.275 e. The highest BCUT2D eigenvalue weighted by atomic mass is 16.5. The molecule has 1 aliphatic rings. The van der Waals surface area contributed by atoms with E-state index in [0.29, 0.717) is 41.8 Å². The van der Waals surface area contributed by atoms with Gasteiger partial charge in [0.15, 0.2) is 11.6 Å². The first-order chi connectivity index (χ1) is 13.7. The van der Waals surface area contributed by atoms with Gasteiger partial charge in [-0.05, 0) is 36.8 Å². The molecule has 0 aliphatic carbocycles. The fourth-order valence-corrected chi connectivity index (χ4v) is 3.42. The lowest BCUT2D eigenvalue weighted by molar-refractivity contribution is -0.117. The number of nitrogens with one attached hydrogen (secondary N) is 1. The van der Waals surface area contributed by atoms with Crippen LogP contribution in [0.15, 0.2) is 57.7 Å². The van der Waals surface area contributed by atoms with Gasteiger partial charge in [0.1, 0.15) is 11.4 Å². The molecule has 1 saturated heterocycles. The predicted octanol–water partition coefficient (Wildman–Crippen LogP) is 3.55. The van der Waals surface area contributed by atoms with Crippen LogP contribution in [-0.4, -0.2) is 32.8 Å². The summed E-state index contributed by atoms with van der Waals surface area (Å²) in [5.41, 5.74) is 3.27. The summed E-state index contributed by atoms with van der Waals surface area (Å²) >= 11 is 0. The molecule has 8 nitrogen and oxygen atoms in total. The third kappa shape index (κ3) is 2.88. The number of carbonyl (C=O) groups is 1. The lowest BCUT2D eigenvalue weighted by Gasteiger charge is -2.16. The molecule has 3 aromatic heterocycles. The Morgan fingerprint density at radius 1 is 1.21 bits per heavy atom. The molecule has 1 aliphatic heterocycles. The largest absolute Gasteiger partial charge is 0.463 e. The monoisotopic (exact) mass is 375 g/mol. The van der Waals surface area contributed by atoms with Crippen molar-refractivity contribution >= 4 is 11.6 Å². The predicted molar refractivity (Wildman–Crippen MR) is 100 cm³/mol. The van der Waals surface area contributed by atoms with Crippen LogP contribution in [0.5, 0.6) is 0 Å². The van der Waals surface area contributed by atoms with Crippen LogP contribution in [0.1, 0.15) is 23.7 Å². The highest BCUT2D eigenvalue weighted by Gasteiger charge is 2.34. The van der Waals surface area contributed by atoms with E-state index in [4.69, 9.17) is 8.94 Å². The van der Waals surface area contributed by atoms with Crippen LogP contribution >= 0.6 is 0 Å². The van der Waals surface area contributed by atoms with Gasteiger partial charge in [-0.1, -0.05) is 17.3 Å². The van der Waals surface area contributed by atoms with E-state index < -0.39 is 0 Å². The summed E-state index contributed by atoms with van der Waals surface area (Å²) in [6.45, 7) is 2.54. The van der Waals surface area contributed by atoms with Crippen LogP contribution in [0, 0.1) is 6.92 Å². The van der Waals surface area contributed by atoms with Gasteiger partial charge >= 0.3 is 0 Å². The molecule has 0 saturated carbocycles. The number of anilines is 1. The Balaban J connectivity index is 1.36. The first-order valence-corrected chi connectivity index (χ1v) is 8.97. The molecule has 5 rings (SSSR count). The van der Waals surface area contributed by atoms with Crippen molar-refractivity contribution in [2.45, 2.75) is 19.3 Å². The van der Waals surface area contributed by atoms with Crippen molar-refractivity contribution < 1.29 is 13.7 Å². The van der Waals surface area contributed by atoms with Gasteiger partial charge < -0.3 is 13.8 Å². The third-order valence-corrected chi connectivity index (χ3v) is 4.83. The van der Waals surface area contributed by atoms with Gasteiger partial charge in [-0.25, -0.2) is 0 Å². The molecule has 1 unspecified atom stereocenters. The lowest BCUT2D eigenvalue weighted by Crippen LogP contribution is -2.24. The second-order valence-electron chi connectivity index (χ2n) is 6.85. The molecule has 0 spiro atoms. The maximum absolute atomic E-state index is 12.5. The average molecular weight is 375 g/mol. The quantitative estimate of drug-likeness (QED) is 0.585. The van der Waals surface area contributed by atoms with Crippen LogP contribution in [0.3, 0.4) is 0 Å². The first-order valence-electron chi connectivity index (χ1n) is 8.97. The number of aryl methyl sites for hydroxylation is 1. The number of aromatic amines is 1. The van der Waals surface area contributed by atoms with Crippen molar-refractivity contribution in [3.05, 3.63) is 60.1 Å². The summed E-state index contributed by atoms with van der Waals surface area (Å²) < 4.78 is 10.7. The minimum absolute atomic E-state index is 0.0589. The van der Waals surface area contributed by atoms with Crippen molar-refractivity contribution in [3.63, 3.8) is 0 Å². The van der Waals surface area contributed by atoms with Gasteiger partial charge in [0.05, 0.1) is 6.26 Å². The highest BCUT2D eigenvalue weighted by molar-refractivity contribution is 5.96. The number of furan rings is 1.